The number of hydrogen-bond donors (Lipinski definition) is 2. The second-order valence-electron chi connectivity index (χ2n) is 5.60. The highest BCUT2D eigenvalue weighted by molar-refractivity contribution is 5.94. The van der Waals surface area contributed by atoms with Crippen LogP contribution in [0.2, 0.25) is 0 Å². The summed E-state index contributed by atoms with van der Waals surface area (Å²) in [4.78, 5) is 22.3. The first-order valence-corrected chi connectivity index (χ1v) is 7.98. The predicted molar refractivity (Wildman–Crippen MR) is 114 cm³/mol. The number of carboxylic acids is 2. The maximum absolute atomic E-state index is 11.2. The SMILES string of the molecule is Cl.Cl.O=C(O)c1cc(Oc2ccc(C#Cc3ccccc3)cc2)cc(C(=O)O)c1. The molecule has 0 spiro atoms. The maximum atomic E-state index is 11.2. The van der Waals surface area contributed by atoms with Gasteiger partial charge >= 0.3 is 11.9 Å². The topological polar surface area (TPSA) is 83.8 Å². The van der Waals surface area contributed by atoms with Crippen LogP contribution in [0.25, 0.3) is 0 Å². The van der Waals surface area contributed by atoms with Crippen LogP contribution < -0.4 is 4.74 Å². The summed E-state index contributed by atoms with van der Waals surface area (Å²) in [5, 5.41) is 18.2. The lowest BCUT2D eigenvalue weighted by Crippen LogP contribution is -2.03. The van der Waals surface area contributed by atoms with Crippen molar-refractivity contribution in [3.63, 3.8) is 0 Å². The average Bonchev–Trinajstić information content (AvgIpc) is 2.68. The van der Waals surface area contributed by atoms with Crippen LogP contribution in [0.15, 0.2) is 72.8 Å². The molecule has 0 atom stereocenters. The van der Waals surface area contributed by atoms with Crippen LogP contribution in [-0.2, 0) is 0 Å². The molecule has 0 radical (unpaired) electrons. The number of halogens is 2. The van der Waals surface area contributed by atoms with Crippen molar-refractivity contribution in [1.29, 1.82) is 0 Å². The molecular formula is C22H16Cl2O5. The quantitative estimate of drug-likeness (QED) is 0.561. The van der Waals surface area contributed by atoms with E-state index in [0.717, 1.165) is 17.2 Å². The molecule has 0 aliphatic rings. The molecule has 3 aromatic rings. The zero-order valence-electron chi connectivity index (χ0n) is 14.9. The van der Waals surface area contributed by atoms with E-state index in [4.69, 9.17) is 14.9 Å². The molecule has 148 valence electrons. The Balaban J connectivity index is 0.00000210. The van der Waals surface area contributed by atoms with Crippen molar-refractivity contribution >= 4 is 36.8 Å². The van der Waals surface area contributed by atoms with Crippen LogP contribution in [-0.4, -0.2) is 22.2 Å². The van der Waals surface area contributed by atoms with Crippen LogP contribution >= 0.6 is 24.8 Å². The normalized spacial score (nSPS) is 9.10. The average molecular weight is 431 g/mol. The van der Waals surface area contributed by atoms with Gasteiger partial charge in [0.1, 0.15) is 11.5 Å². The summed E-state index contributed by atoms with van der Waals surface area (Å²) in [7, 11) is 0. The van der Waals surface area contributed by atoms with E-state index in [1.807, 2.05) is 30.3 Å². The van der Waals surface area contributed by atoms with E-state index in [9.17, 15) is 9.59 Å². The minimum Gasteiger partial charge on any atom is -0.478 e. The molecular weight excluding hydrogens is 415 g/mol. The van der Waals surface area contributed by atoms with Crippen LogP contribution in [0.3, 0.4) is 0 Å². The van der Waals surface area contributed by atoms with Crippen molar-refractivity contribution in [3.8, 4) is 23.3 Å². The van der Waals surface area contributed by atoms with Gasteiger partial charge in [-0.2, -0.15) is 0 Å². The summed E-state index contributed by atoms with van der Waals surface area (Å²) in [5.41, 5.74) is 1.38. The summed E-state index contributed by atoms with van der Waals surface area (Å²) in [6, 6.07) is 20.1. The number of carboxylic acid groups (broad SMARTS) is 2. The molecule has 0 fully saturated rings. The molecule has 0 saturated carbocycles. The predicted octanol–water partition coefficient (Wildman–Crippen LogP) is 5.12. The minimum absolute atomic E-state index is 0. The van der Waals surface area contributed by atoms with Gasteiger partial charge in [0.05, 0.1) is 11.1 Å². The van der Waals surface area contributed by atoms with E-state index >= 15 is 0 Å². The Morgan fingerprint density at radius 3 is 1.62 bits per heavy atom. The number of benzene rings is 3. The first-order valence-electron chi connectivity index (χ1n) is 7.98. The van der Waals surface area contributed by atoms with Crippen molar-refractivity contribution in [2.24, 2.45) is 0 Å². The summed E-state index contributed by atoms with van der Waals surface area (Å²) in [5.74, 6) is 4.21. The number of carbonyl (C=O) groups is 2. The van der Waals surface area contributed by atoms with Gasteiger partial charge in [0.25, 0.3) is 0 Å². The van der Waals surface area contributed by atoms with E-state index in [-0.39, 0.29) is 41.7 Å². The van der Waals surface area contributed by atoms with Gasteiger partial charge < -0.3 is 14.9 Å². The molecule has 2 N–H and O–H groups in total. The van der Waals surface area contributed by atoms with Crippen molar-refractivity contribution in [3.05, 3.63) is 95.1 Å². The van der Waals surface area contributed by atoms with Crippen LogP contribution in [0.1, 0.15) is 31.8 Å². The van der Waals surface area contributed by atoms with E-state index in [1.54, 1.807) is 24.3 Å². The summed E-state index contributed by atoms with van der Waals surface area (Å²) < 4.78 is 5.60. The van der Waals surface area contributed by atoms with E-state index in [2.05, 4.69) is 11.8 Å². The third kappa shape index (κ3) is 6.58. The Labute approximate surface area is 179 Å². The summed E-state index contributed by atoms with van der Waals surface area (Å²) in [6.07, 6.45) is 0. The van der Waals surface area contributed by atoms with Crippen molar-refractivity contribution in [1.82, 2.24) is 0 Å². The zero-order valence-corrected chi connectivity index (χ0v) is 16.5. The number of ether oxygens (including phenoxy) is 1. The largest absolute Gasteiger partial charge is 0.478 e. The Hall–Kier alpha value is -3.46. The van der Waals surface area contributed by atoms with Crippen LogP contribution in [0, 0.1) is 11.8 Å². The fourth-order valence-electron chi connectivity index (χ4n) is 2.31. The Morgan fingerprint density at radius 2 is 1.14 bits per heavy atom. The van der Waals surface area contributed by atoms with Gasteiger partial charge in [-0.25, -0.2) is 9.59 Å². The molecule has 0 aromatic heterocycles. The third-order valence-electron chi connectivity index (χ3n) is 3.62. The van der Waals surface area contributed by atoms with E-state index in [0.29, 0.717) is 5.75 Å². The van der Waals surface area contributed by atoms with Gasteiger partial charge in [-0.1, -0.05) is 30.0 Å². The van der Waals surface area contributed by atoms with Crippen molar-refractivity contribution in [2.75, 3.05) is 0 Å². The molecule has 29 heavy (non-hydrogen) atoms. The molecule has 0 saturated heterocycles. The Kier molecular flexibility index (Phi) is 8.75. The standard InChI is InChI=1S/C22H14O5.2ClH/c23-21(24)17-12-18(22(25)26)14-20(13-17)27-19-10-8-16(9-11-19)7-6-15-4-2-1-3-5-15;;/h1-5,8-14H,(H,23,24)(H,25,26);2*1H. The van der Waals surface area contributed by atoms with Gasteiger partial charge in [0, 0.05) is 11.1 Å². The molecule has 0 amide bonds. The smallest absolute Gasteiger partial charge is 0.335 e. The molecule has 5 nitrogen and oxygen atoms in total. The molecule has 7 heteroatoms. The molecule has 0 unspecified atom stereocenters. The van der Waals surface area contributed by atoms with Crippen molar-refractivity contribution < 1.29 is 24.5 Å². The van der Waals surface area contributed by atoms with Gasteiger partial charge in [-0.15, -0.1) is 24.8 Å². The van der Waals surface area contributed by atoms with Crippen LogP contribution in [0.4, 0.5) is 0 Å². The lowest BCUT2D eigenvalue weighted by Gasteiger charge is -2.08. The van der Waals surface area contributed by atoms with E-state index in [1.165, 1.54) is 12.1 Å². The first-order chi connectivity index (χ1) is 13.0. The summed E-state index contributed by atoms with van der Waals surface area (Å²) in [6.45, 7) is 0. The second kappa shape index (κ2) is 10.8. The molecule has 0 aliphatic carbocycles. The lowest BCUT2D eigenvalue weighted by atomic mass is 10.1. The summed E-state index contributed by atoms with van der Waals surface area (Å²) >= 11 is 0. The first kappa shape index (κ1) is 23.6. The highest BCUT2D eigenvalue weighted by atomic mass is 35.5. The fraction of sp³-hybridized carbons (Fsp3) is 0. The Morgan fingerprint density at radius 1 is 0.655 bits per heavy atom. The molecule has 0 aliphatic heterocycles. The second-order valence-corrected chi connectivity index (χ2v) is 5.60. The highest BCUT2D eigenvalue weighted by Gasteiger charge is 2.12. The lowest BCUT2D eigenvalue weighted by molar-refractivity contribution is 0.0696. The zero-order chi connectivity index (χ0) is 19.2. The third-order valence-corrected chi connectivity index (χ3v) is 3.62. The van der Waals surface area contributed by atoms with Crippen molar-refractivity contribution in [2.45, 2.75) is 0 Å². The van der Waals surface area contributed by atoms with E-state index < -0.39 is 11.9 Å². The number of aromatic carboxylic acids is 2. The monoisotopic (exact) mass is 430 g/mol. The number of rotatable bonds is 4. The molecule has 3 rings (SSSR count). The van der Waals surface area contributed by atoms with Gasteiger partial charge in [0.2, 0.25) is 0 Å². The Bertz CT molecular complexity index is 1020. The van der Waals surface area contributed by atoms with Gasteiger partial charge in [-0.3, -0.25) is 0 Å². The maximum Gasteiger partial charge on any atom is 0.335 e. The highest BCUT2D eigenvalue weighted by Crippen LogP contribution is 2.24. The minimum atomic E-state index is -1.23. The molecule has 0 heterocycles. The van der Waals surface area contributed by atoms with Crippen LogP contribution in [0.5, 0.6) is 11.5 Å². The van der Waals surface area contributed by atoms with Gasteiger partial charge in [-0.05, 0) is 54.6 Å². The van der Waals surface area contributed by atoms with Gasteiger partial charge in [0.15, 0.2) is 0 Å². The molecule has 3 aromatic carbocycles. The fourth-order valence-corrected chi connectivity index (χ4v) is 2.31. The molecule has 0 bridgehead atoms. The number of hydrogen-bond acceptors (Lipinski definition) is 3.